The molecule has 6 heteroatoms. The van der Waals surface area contributed by atoms with E-state index in [0.717, 1.165) is 32.8 Å². The van der Waals surface area contributed by atoms with Crippen LogP contribution >= 0.6 is 0 Å². The van der Waals surface area contributed by atoms with E-state index in [1.807, 2.05) is 65.0 Å². The topological polar surface area (TPSA) is 66.5 Å². The van der Waals surface area contributed by atoms with Gasteiger partial charge in [-0.25, -0.2) is 8.42 Å². The van der Waals surface area contributed by atoms with E-state index in [1.54, 1.807) is 6.07 Å². The Labute approximate surface area is 162 Å². The molecule has 0 spiro atoms. The highest BCUT2D eigenvalue weighted by Gasteiger charge is 2.23. The lowest BCUT2D eigenvalue weighted by atomic mass is 10.0. The number of sulfonamides is 1. The molecule has 0 heterocycles. The van der Waals surface area contributed by atoms with Crippen molar-refractivity contribution in [2.24, 2.45) is 0 Å². The molecule has 2 rings (SSSR count). The maximum Gasteiger partial charge on any atom is 0.241 e. The van der Waals surface area contributed by atoms with Gasteiger partial charge in [0, 0.05) is 0 Å². The summed E-state index contributed by atoms with van der Waals surface area (Å²) in [5, 5.41) is 2.90. The minimum atomic E-state index is -3.59. The minimum absolute atomic E-state index is 0.211. The quantitative estimate of drug-likeness (QED) is 0.823. The van der Waals surface area contributed by atoms with E-state index in [1.165, 1.54) is 5.56 Å². The Morgan fingerprint density at radius 3 is 2.22 bits per heavy atom. The molecule has 0 aliphatic heterocycles. The van der Waals surface area contributed by atoms with Gasteiger partial charge in [-0.2, -0.15) is 0 Å². The number of hydrogen-bond acceptors (Lipinski definition) is 3. The van der Waals surface area contributed by atoms with Crippen molar-refractivity contribution in [3.8, 4) is 0 Å². The lowest BCUT2D eigenvalue weighted by Gasteiger charge is -2.25. The van der Waals surface area contributed by atoms with Gasteiger partial charge in [-0.1, -0.05) is 35.9 Å². The van der Waals surface area contributed by atoms with Crippen molar-refractivity contribution in [3.05, 3.63) is 64.2 Å². The zero-order valence-corrected chi connectivity index (χ0v) is 17.6. The van der Waals surface area contributed by atoms with Crippen LogP contribution < -0.4 is 9.62 Å². The Balaban J connectivity index is 2.20. The predicted octanol–water partition coefficient (Wildman–Crippen LogP) is 3.56. The summed E-state index contributed by atoms with van der Waals surface area (Å²) in [6, 6.07) is 11.3. The van der Waals surface area contributed by atoms with Crippen molar-refractivity contribution in [3.63, 3.8) is 0 Å². The lowest BCUT2D eigenvalue weighted by Crippen LogP contribution is -2.41. The summed E-state index contributed by atoms with van der Waals surface area (Å²) >= 11 is 0. The van der Waals surface area contributed by atoms with E-state index in [9.17, 15) is 13.2 Å². The molecule has 0 aliphatic carbocycles. The molecule has 5 nitrogen and oxygen atoms in total. The fraction of sp³-hybridized carbons (Fsp3) is 0.381. The van der Waals surface area contributed by atoms with Crippen LogP contribution in [0.25, 0.3) is 0 Å². The molecule has 0 fully saturated rings. The largest absolute Gasteiger partial charge is 0.348 e. The van der Waals surface area contributed by atoms with Crippen molar-refractivity contribution < 1.29 is 13.2 Å². The van der Waals surface area contributed by atoms with E-state index in [4.69, 9.17) is 0 Å². The first-order chi connectivity index (χ1) is 12.5. The number of aryl methyl sites for hydroxylation is 4. The molecular weight excluding hydrogens is 360 g/mol. The zero-order valence-electron chi connectivity index (χ0n) is 16.8. The number of carbonyl (C=O) groups is 1. The fourth-order valence-corrected chi connectivity index (χ4v) is 3.92. The molecule has 2 aromatic carbocycles. The van der Waals surface area contributed by atoms with Gasteiger partial charge in [-0.3, -0.25) is 9.10 Å². The number of anilines is 1. The van der Waals surface area contributed by atoms with Crippen LogP contribution in [0.3, 0.4) is 0 Å². The zero-order chi connectivity index (χ0) is 20.4. The van der Waals surface area contributed by atoms with Crippen molar-refractivity contribution >= 4 is 21.6 Å². The van der Waals surface area contributed by atoms with Gasteiger partial charge < -0.3 is 5.32 Å². The van der Waals surface area contributed by atoms with E-state index >= 15 is 0 Å². The number of hydrogen-bond donors (Lipinski definition) is 1. The number of nitrogens with one attached hydrogen (secondary N) is 1. The molecule has 1 atom stereocenters. The van der Waals surface area contributed by atoms with Crippen molar-refractivity contribution in [2.75, 3.05) is 17.1 Å². The van der Waals surface area contributed by atoms with Gasteiger partial charge in [0.1, 0.15) is 6.54 Å². The third-order valence-corrected chi connectivity index (χ3v) is 5.84. The Hall–Kier alpha value is -2.34. The van der Waals surface area contributed by atoms with Crippen molar-refractivity contribution in [1.82, 2.24) is 5.32 Å². The molecule has 0 radical (unpaired) electrons. The number of amides is 1. The van der Waals surface area contributed by atoms with Crippen LogP contribution in [0, 0.1) is 27.7 Å². The molecule has 146 valence electrons. The molecule has 0 saturated heterocycles. The third kappa shape index (κ3) is 5.32. The first kappa shape index (κ1) is 21.0. The highest BCUT2D eigenvalue weighted by molar-refractivity contribution is 7.92. The SMILES string of the molecule is Cc1ccc(N(CC(=O)NC(C)c2ccc(C)c(C)c2)S(C)(=O)=O)c(C)c1. The van der Waals surface area contributed by atoms with E-state index in [-0.39, 0.29) is 18.5 Å². The molecule has 1 N–H and O–H groups in total. The predicted molar refractivity (Wildman–Crippen MR) is 111 cm³/mol. The van der Waals surface area contributed by atoms with Gasteiger partial charge in [0.05, 0.1) is 18.0 Å². The molecule has 0 bridgehead atoms. The Kier molecular flexibility index (Phi) is 6.31. The van der Waals surface area contributed by atoms with Crippen LogP contribution in [0.2, 0.25) is 0 Å². The van der Waals surface area contributed by atoms with Crippen LogP contribution in [-0.4, -0.2) is 27.1 Å². The highest BCUT2D eigenvalue weighted by Crippen LogP contribution is 2.23. The molecule has 0 aromatic heterocycles. The van der Waals surface area contributed by atoms with Crippen LogP contribution in [0.15, 0.2) is 36.4 Å². The molecule has 0 saturated carbocycles. The number of rotatable bonds is 6. The summed E-state index contributed by atoms with van der Waals surface area (Å²) in [5.74, 6) is -0.342. The second kappa shape index (κ2) is 8.13. The first-order valence-electron chi connectivity index (χ1n) is 8.90. The molecule has 1 amide bonds. The molecule has 1 unspecified atom stereocenters. The van der Waals surface area contributed by atoms with E-state index in [2.05, 4.69) is 5.32 Å². The van der Waals surface area contributed by atoms with Gasteiger partial charge >= 0.3 is 0 Å². The van der Waals surface area contributed by atoms with Gasteiger partial charge in [0.15, 0.2) is 0 Å². The van der Waals surface area contributed by atoms with E-state index in [0.29, 0.717) is 5.69 Å². The molecule has 2 aromatic rings. The fourth-order valence-electron chi connectivity index (χ4n) is 3.00. The molecule has 27 heavy (non-hydrogen) atoms. The Morgan fingerprint density at radius 1 is 1.00 bits per heavy atom. The maximum atomic E-state index is 12.6. The summed E-state index contributed by atoms with van der Waals surface area (Å²) in [6.45, 7) is 9.49. The second-order valence-corrected chi connectivity index (χ2v) is 9.10. The van der Waals surface area contributed by atoms with Crippen molar-refractivity contribution in [2.45, 2.75) is 40.7 Å². The number of benzene rings is 2. The van der Waals surface area contributed by atoms with Crippen molar-refractivity contribution in [1.29, 1.82) is 0 Å². The minimum Gasteiger partial charge on any atom is -0.348 e. The number of carbonyl (C=O) groups excluding carboxylic acids is 1. The normalized spacial score (nSPS) is 12.5. The summed E-state index contributed by atoms with van der Waals surface area (Å²) in [7, 11) is -3.59. The molecule has 0 aliphatic rings. The highest BCUT2D eigenvalue weighted by atomic mass is 32.2. The maximum absolute atomic E-state index is 12.6. The Bertz CT molecular complexity index is 952. The van der Waals surface area contributed by atoms with Gasteiger partial charge in [0.2, 0.25) is 15.9 Å². The summed E-state index contributed by atoms with van der Waals surface area (Å²) < 4.78 is 25.7. The monoisotopic (exact) mass is 388 g/mol. The average Bonchev–Trinajstić information content (AvgIpc) is 2.54. The smallest absolute Gasteiger partial charge is 0.241 e. The van der Waals surface area contributed by atoms with Crippen LogP contribution in [0.1, 0.15) is 40.8 Å². The second-order valence-electron chi connectivity index (χ2n) is 7.19. The van der Waals surface area contributed by atoms with Crippen LogP contribution in [0.5, 0.6) is 0 Å². The third-order valence-electron chi connectivity index (χ3n) is 4.72. The summed E-state index contributed by atoms with van der Waals surface area (Å²) in [6.07, 6.45) is 1.12. The standard InChI is InChI=1S/C21H28N2O3S/c1-14-7-10-20(17(4)11-14)23(27(6,25)26)13-21(24)22-18(5)19-9-8-15(2)16(3)12-19/h7-12,18H,13H2,1-6H3,(H,22,24). The average molecular weight is 389 g/mol. The van der Waals surface area contributed by atoms with Gasteiger partial charge in [0.25, 0.3) is 0 Å². The summed E-state index contributed by atoms with van der Waals surface area (Å²) in [5.41, 5.74) is 5.71. The molecular formula is C21H28N2O3S. The Morgan fingerprint density at radius 2 is 1.67 bits per heavy atom. The van der Waals surface area contributed by atoms with Crippen LogP contribution in [0.4, 0.5) is 5.69 Å². The van der Waals surface area contributed by atoms with Gasteiger partial charge in [-0.05, 0) is 62.9 Å². The number of nitrogens with zero attached hydrogens (tertiary/aromatic N) is 1. The van der Waals surface area contributed by atoms with Gasteiger partial charge in [-0.15, -0.1) is 0 Å². The first-order valence-corrected chi connectivity index (χ1v) is 10.8. The summed E-state index contributed by atoms with van der Waals surface area (Å²) in [4.78, 5) is 12.6. The lowest BCUT2D eigenvalue weighted by molar-refractivity contribution is -0.120. The van der Waals surface area contributed by atoms with Crippen LogP contribution in [-0.2, 0) is 14.8 Å². The van der Waals surface area contributed by atoms with E-state index < -0.39 is 10.0 Å².